The molecule has 0 atom stereocenters. The minimum absolute atomic E-state index is 0.961. The molecule has 0 N–H and O–H groups in total. The van der Waals surface area contributed by atoms with Gasteiger partial charge in [0, 0.05) is 22.3 Å². The van der Waals surface area contributed by atoms with Crippen molar-refractivity contribution in [3.05, 3.63) is 182 Å². The average Bonchev–Trinajstić information content (AvgIpc) is 3.83. The highest BCUT2D eigenvalue weighted by Gasteiger charge is 2.26. The van der Waals surface area contributed by atoms with Gasteiger partial charge in [0.2, 0.25) is 0 Å². The monoisotopic (exact) mass is 648 g/mol. The Morgan fingerprint density at radius 2 is 0.694 bits per heavy atom. The molecule has 2 aromatic heterocycles. The molecule has 0 saturated carbocycles. The SMILES string of the molecule is C[Si](C)(c1ccc(-c2cc(-c3ccccc3)n(-c3ccccc3)n2)cc1)c1ccc(-c2cc(-c3ccccc3)n(-c3ccccc3)n2)cc1. The number of benzene rings is 6. The van der Waals surface area contributed by atoms with Gasteiger partial charge < -0.3 is 0 Å². The molecule has 0 saturated heterocycles. The fraction of sp³-hybridized carbons (Fsp3) is 0.0455. The molecular weight excluding hydrogens is 613 g/mol. The Hall–Kier alpha value is -6.04. The van der Waals surface area contributed by atoms with E-state index in [2.05, 4.69) is 171 Å². The van der Waals surface area contributed by atoms with Crippen LogP contribution in [0.4, 0.5) is 0 Å². The number of nitrogens with zero attached hydrogens (tertiary/aromatic N) is 4. The number of para-hydroxylation sites is 2. The summed E-state index contributed by atoms with van der Waals surface area (Å²) in [5.41, 5.74) is 10.7. The maximum absolute atomic E-state index is 5.08. The normalized spacial score (nSPS) is 11.5. The van der Waals surface area contributed by atoms with Crippen LogP contribution in [0.5, 0.6) is 0 Å². The predicted molar refractivity (Wildman–Crippen MR) is 206 cm³/mol. The van der Waals surface area contributed by atoms with Crippen molar-refractivity contribution in [3.63, 3.8) is 0 Å². The molecule has 0 radical (unpaired) electrons. The Bertz CT molecular complexity index is 2030. The molecule has 5 heteroatoms. The highest BCUT2D eigenvalue weighted by Crippen LogP contribution is 2.30. The van der Waals surface area contributed by atoms with E-state index >= 15 is 0 Å². The topological polar surface area (TPSA) is 35.6 Å². The molecule has 2 heterocycles. The lowest BCUT2D eigenvalue weighted by atomic mass is 10.1. The van der Waals surface area contributed by atoms with Crippen LogP contribution >= 0.6 is 0 Å². The summed E-state index contributed by atoms with van der Waals surface area (Å²) in [5.74, 6) is 0. The summed E-state index contributed by atoms with van der Waals surface area (Å²) < 4.78 is 4.09. The van der Waals surface area contributed by atoms with Crippen LogP contribution in [0.1, 0.15) is 0 Å². The molecule has 49 heavy (non-hydrogen) atoms. The third-order valence-electron chi connectivity index (χ3n) is 9.36. The van der Waals surface area contributed by atoms with Gasteiger partial charge in [-0.05, 0) is 36.4 Å². The van der Waals surface area contributed by atoms with Crippen LogP contribution < -0.4 is 10.4 Å². The van der Waals surface area contributed by atoms with Crippen molar-refractivity contribution in [2.45, 2.75) is 13.1 Å². The zero-order chi connectivity index (χ0) is 33.2. The van der Waals surface area contributed by atoms with Crippen LogP contribution in [0, 0.1) is 0 Å². The first kappa shape index (κ1) is 30.3. The first-order valence-electron chi connectivity index (χ1n) is 16.7. The number of rotatable bonds is 8. The molecule has 6 aromatic carbocycles. The number of hydrogen-bond donors (Lipinski definition) is 0. The molecule has 0 aliphatic carbocycles. The van der Waals surface area contributed by atoms with Crippen molar-refractivity contribution in [1.29, 1.82) is 0 Å². The first-order valence-corrected chi connectivity index (χ1v) is 19.7. The van der Waals surface area contributed by atoms with Crippen LogP contribution in [-0.2, 0) is 0 Å². The predicted octanol–water partition coefficient (Wildman–Crippen LogP) is 9.55. The molecule has 8 aromatic rings. The van der Waals surface area contributed by atoms with Gasteiger partial charge in [-0.3, -0.25) is 0 Å². The molecule has 0 bridgehead atoms. The highest BCUT2D eigenvalue weighted by molar-refractivity contribution is 7.00. The lowest BCUT2D eigenvalue weighted by molar-refractivity contribution is 0.892. The van der Waals surface area contributed by atoms with Crippen molar-refractivity contribution in [2.75, 3.05) is 0 Å². The Balaban J connectivity index is 1.08. The summed E-state index contributed by atoms with van der Waals surface area (Å²) in [6.07, 6.45) is 0. The van der Waals surface area contributed by atoms with Crippen LogP contribution in [0.3, 0.4) is 0 Å². The van der Waals surface area contributed by atoms with Crippen molar-refractivity contribution >= 4 is 18.4 Å². The Morgan fingerprint density at radius 1 is 0.367 bits per heavy atom. The van der Waals surface area contributed by atoms with Crippen molar-refractivity contribution in [1.82, 2.24) is 19.6 Å². The Morgan fingerprint density at radius 3 is 1.04 bits per heavy atom. The fourth-order valence-corrected chi connectivity index (χ4v) is 8.82. The van der Waals surface area contributed by atoms with E-state index in [0.717, 1.165) is 56.4 Å². The van der Waals surface area contributed by atoms with E-state index in [1.54, 1.807) is 0 Å². The largest absolute Gasteiger partial charge is 0.232 e. The summed E-state index contributed by atoms with van der Waals surface area (Å²) >= 11 is 0. The van der Waals surface area contributed by atoms with E-state index in [1.807, 2.05) is 33.6 Å². The summed E-state index contributed by atoms with van der Waals surface area (Å²) in [5, 5.41) is 12.9. The summed E-state index contributed by atoms with van der Waals surface area (Å²) in [6, 6.07) is 64.1. The fourth-order valence-electron chi connectivity index (χ4n) is 6.49. The summed E-state index contributed by atoms with van der Waals surface area (Å²) in [7, 11) is -1.98. The van der Waals surface area contributed by atoms with Gasteiger partial charge in [0.15, 0.2) is 0 Å². The zero-order valence-corrected chi connectivity index (χ0v) is 28.6. The lowest BCUT2D eigenvalue weighted by Gasteiger charge is -2.24. The van der Waals surface area contributed by atoms with E-state index < -0.39 is 8.07 Å². The first-order chi connectivity index (χ1) is 24.0. The number of hydrogen-bond acceptors (Lipinski definition) is 2. The van der Waals surface area contributed by atoms with Crippen LogP contribution in [0.2, 0.25) is 13.1 Å². The van der Waals surface area contributed by atoms with Gasteiger partial charge in [0.25, 0.3) is 0 Å². The Kier molecular flexibility index (Phi) is 7.96. The average molecular weight is 649 g/mol. The van der Waals surface area contributed by atoms with Gasteiger partial charge in [0.05, 0.1) is 34.2 Å². The van der Waals surface area contributed by atoms with E-state index in [4.69, 9.17) is 10.2 Å². The van der Waals surface area contributed by atoms with Crippen molar-refractivity contribution in [2.24, 2.45) is 0 Å². The van der Waals surface area contributed by atoms with E-state index in [9.17, 15) is 0 Å². The molecule has 0 fully saturated rings. The molecule has 0 unspecified atom stereocenters. The van der Waals surface area contributed by atoms with Crippen molar-refractivity contribution in [3.8, 4) is 56.4 Å². The van der Waals surface area contributed by atoms with Crippen LogP contribution in [0.15, 0.2) is 182 Å². The van der Waals surface area contributed by atoms with Gasteiger partial charge in [-0.15, -0.1) is 0 Å². The third kappa shape index (κ3) is 5.97. The second kappa shape index (κ2) is 12.9. The van der Waals surface area contributed by atoms with Crippen molar-refractivity contribution < 1.29 is 0 Å². The molecule has 0 aliphatic rings. The molecule has 0 aliphatic heterocycles. The molecule has 0 amide bonds. The maximum atomic E-state index is 5.08. The van der Waals surface area contributed by atoms with Crippen LogP contribution in [-0.4, -0.2) is 27.6 Å². The minimum Gasteiger partial charge on any atom is -0.232 e. The van der Waals surface area contributed by atoms with Gasteiger partial charge in [-0.1, -0.05) is 169 Å². The molecule has 8 rings (SSSR count). The molecule has 4 nitrogen and oxygen atoms in total. The molecular formula is C44H36N4Si. The second-order valence-corrected chi connectivity index (χ2v) is 17.2. The van der Waals surface area contributed by atoms with Gasteiger partial charge in [0.1, 0.15) is 8.07 Å². The number of aromatic nitrogens is 4. The van der Waals surface area contributed by atoms with Gasteiger partial charge >= 0.3 is 0 Å². The van der Waals surface area contributed by atoms with Gasteiger partial charge in [-0.25, -0.2) is 9.36 Å². The quantitative estimate of drug-likeness (QED) is 0.154. The van der Waals surface area contributed by atoms with Crippen LogP contribution in [0.25, 0.3) is 56.4 Å². The van der Waals surface area contributed by atoms with E-state index in [0.29, 0.717) is 0 Å². The zero-order valence-electron chi connectivity index (χ0n) is 27.6. The Labute approximate surface area is 288 Å². The van der Waals surface area contributed by atoms with E-state index in [-0.39, 0.29) is 0 Å². The molecule has 0 spiro atoms. The highest BCUT2D eigenvalue weighted by atomic mass is 28.3. The standard InChI is InChI=1S/C44H36N4Si/c1-49(2,39-27-23-33(24-28-39)41-31-43(35-15-7-3-8-16-35)47(45-41)37-19-11-5-12-20-37)40-29-25-34(26-30-40)42-32-44(36-17-9-4-10-18-36)48(46-42)38-21-13-6-14-22-38/h3-32H,1-2H3. The maximum Gasteiger partial charge on any atom is 0.112 e. The smallest absolute Gasteiger partial charge is 0.112 e. The van der Waals surface area contributed by atoms with Gasteiger partial charge in [-0.2, -0.15) is 10.2 Å². The molecule has 236 valence electrons. The summed E-state index contributed by atoms with van der Waals surface area (Å²) in [4.78, 5) is 0. The third-order valence-corrected chi connectivity index (χ3v) is 12.9. The van der Waals surface area contributed by atoms with E-state index in [1.165, 1.54) is 10.4 Å². The minimum atomic E-state index is -1.98. The summed E-state index contributed by atoms with van der Waals surface area (Å²) in [6.45, 7) is 4.85. The lowest BCUT2D eigenvalue weighted by Crippen LogP contribution is -2.52. The second-order valence-electron chi connectivity index (χ2n) is 12.8.